The quantitative estimate of drug-likeness (QED) is 0.686. The molecule has 3 heterocycles. The highest BCUT2D eigenvalue weighted by atomic mass is 19.1. The van der Waals surface area contributed by atoms with Gasteiger partial charge in [-0.2, -0.15) is 0 Å². The Morgan fingerprint density at radius 3 is 2.52 bits per heavy atom. The van der Waals surface area contributed by atoms with Crippen molar-refractivity contribution < 1.29 is 13.9 Å². The highest BCUT2D eigenvalue weighted by molar-refractivity contribution is 5.83. The summed E-state index contributed by atoms with van der Waals surface area (Å²) in [6.45, 7) is 6.69. The molecule has 0 unspecified atom stereocenters. The third-order valence-corrected chi connectivity index (χ3v) is 7.24. The summed E-state index contributed by atoms with van der Waals surface area (Å²) in [6, 6.07) is 8.61. The lowest BCUT2D eigenvalue weighted by atomic mass is 9.72. The van der Waals surface area contributed by atoms with Crippen LogP contribution >= 0.6 is 0 Å². The third-order valence-electron chi connectivity index (χ3n) is 7.24. The molecule has 4 rings (SSSR count). The summed E-state index contributed by atoms with van der Waals surface area (Å²) >= 11 is 0. The van der Waals surface area contributed by atoms with Crippen molar-refractivity contribution in [3.8, 4) is 0 Å². The standard InChI is InChI=1S/C26H35FN4O2/c1-19-28-22(16-23(29-19)30(3)4)25(2)10-5-13-31(18-25)24(32)26(11-14-33-15-12-26)17-20-6-8-21(27)9-7-20/h6-9,16H,5,10-15,17-18H2,1-4H3/t25-/m1/s1. The van der Waals surface area contributed by atoms with Crippen molar-refractivity contribution in [1.82, 2.24) is 14.9 Å². The number of amides is 1. The van der Waals surface area contributed by atoms with E-state index in [-0.39, 0.29) is 17.1 Å². The monoisotopic (exact) mass is 454 g/mol. The van der Waals surface area contributed by atoms with Gasteiger partial charge in [-0.25, -0.2) is 14.4 Å². The van der Waals surface area contributed by atoms with Gasteiger partial charge in [0.1, 0.15) is 17.5 Å². The van der Waals surface area contributed by atoms with Crippen LogP contribution in [0, 0.1) is 18.2 Å². The number of carbonyl (C=O) groups is 1. The van der Waals surface area contributed by atoms with E-state index in [0.717, 1.165) is 42.3 Å². The van der Waals surface area contributed by atoms with Crippen molar-refractivity contribution in [2.45, 2.75) is 51.4 Å². The number of aromatic nitrogens is 2. The molecule has 1 amide bonds. The molecule has 0 saturated carbocycles. The van der Waals surface area contributed by atoms with Crippen molar-refractivity contribution in [3.05, 3.63) is 53.2 Å². The molecule has 1 atom stereocenters. The number of piperidine rings is 1. The molecule has 1 aromatic heterocycles. The minimum Gasteiger partial charge on any atom is -0.381 e. The van der Waals surface area contributed by atoms with Gasteiger partial charge in [-0.15, -0.1) is 0 Å². The molecule has 2 aromatic rings. The minimum atomic E-state index is -0.509. The Hall–Kier alpha value is -2.54. The summed E-state index contributed by atoms with van der Waals surface area (Å²) in [5.41, 5.74) is 1.25. The van der Waals surface area contributed by atoms with Crippen LogP contribution in [-0.2, 0) is 21.4 Å². The first-order valence-corrected chi connectivity index (χ1v) is 11.9. The Morgan fingerprint density at radius 1 is 1.15 bits per heavy atom. The normalized spacial score (nSPS) is 22.8. The van der Waals surface area contributed by atoms with Crippen LogP contribution in [0.1, 0.15) is 49.7 Å². The maximum Gasteiger partial charge on any atom is 0.229 e. The first-order chi connectivity index (χ1) is 15.7. The van der Waals surface area contributed by atoms with Crippen LogP contribution in [0.15, 0.2) is 30.3 Å². The summed E-state index contributed by atoms with van der Waals surface area (Å²) in [5, 5.41) is 0. The second-order valence-electron chi connectivity index (χ2n) is 10.1. The summed E-state index contributed by atoms with van der Waals surface area (Å²) < 4.78 is 19.1. The molecule has 1 aromatic carbocycles. The summed E-state index contributed by atoms with van der Waals surface area (Å²) in [5.74, 6) is 1.58. The number of nitrogens with zero attached hydrogens (tertiary/aromatic N) is 4. The highest BCUT2D eigenvalue weighted by Gasteiger charge is 2.45. The second-order valence-corrected chi connectivity index (χ2v) is 10.1. The number of carbonyl (C=O) groups excluding carboxylic acids is 1. The van der Waals surface area contributed by atoms with E-state index in [1.165, 1.54) is 12.1 Å². The lowest BCUT2D eigenvalue weighted by molar-refractivity contribution is -0.150. The number of rotatable bonds is 5. The third kappa shape index (κ3) is 5.03. The molecule has 6 nitrogen and oxygen atoms in total. The molecule has 178 valence electrons. The number of benzene rings is 1. The maximum atomic E-state index is 14.1. The lowest BCUT2D eigenvalue weighted by Gasteiger charge is -2.45. The zero-order valence-corrected chi connectivity index (χ0v) is 20.2. The first-order valence-electron chi connectivity index (χ1n) is 11.9. The van der Waals surface area contributed by atoms with E-state index < -0.39 is 5.41 Å². The largest absolute Gasteiger partial charge is 0.381 e. The molecule has 0 aliphatic carbocycles. The second kappa shape index (κ2) is 9.37. The van der Waals surface area contributed by atoms with Crippen molar-refractivity contribution in [3.63, 3.8) is 0 Å². The Bertz CT molecular complexity index is 988. The minimum absolute atomic E-state index is 0.194. The summed E-state index contributed by atoms with van der Waals surface area (Å²) in [6.07, 6.45) is 3.90. The van der Waals surface area contributed by atoms with Gasteiger partial charge in [0.05, 0.1) is 11.1 Å². The molecule has 2 fully saturated rings. The van der Waals surface area contributed by atoms with Gasteiger partial charge in [-0.1, -0.05) is 19.1 Å². The SMILES string of the molecule is Cc1nc(N(C)C)cc([C@]2(C)CCCN(C(=O)C3(Cc4ccc(F)cc4)CCOCC3)C2)n1. The number of halogens is 1. The molecular formula is C26H35FN4O2. The van der Waals surface area contributed by atoms with Crippen LogP contribution < -0.4 is 4.90 Å². The van der Waals surface area contributed by atoms with Gasteiger partial charge in [0, 0.05) is 51.9 Å². The Labute approximate surface area is 196 Å². The van der Waals surface area contributed by atoms with E-state index in [0.29, 0.717) is 39.0 Å². The summed E-state index contributed by atoms with van der Waals surface area (Å²) in [7, 11) is 3.96. The van der Waals surface area contributed by atoms with E-state index in [1.807, 2.05) is 30.8 Å². The van der Waals surface area contributed by atoms with Gasteiger partial charge < -0.3 is 14.5 Å². The molecule has 0 spiro atoms. The number of hydrogen-bond donors (Lipinski definition) is 0. The van der Waals surface area contributed by atoms with Gasteiger partial charge in [0.15, 0.2) is 0 Å². The van der Waals surface area contributed by atoms with Crippen molar-refractivity contribution in [1.29, 1.82) is 0 Å². The van der Waals surface area contributed by atoms with Crippen molar-refractivity contribution in [2.24, 2.45) is 5.41 Å². The fourth-order valence-corrected chi connectivity index (χ4v) is 5.27. The fraction of sp³-hybridized carbons (Fsp3) is 0.577. The molecule has 2 aliphatic rings. The number of anilines is 1. The number of aryl methyl sites for hydroxylation is 1. The van der Waals surface area contributed by atoms with Crippen LogP contribution in [0.3, 0.4) is 0 Å². The zero-order valence-electron chi connectivity index (χ0n) is 20.2. The highest BCUT2D eigenvalue weighted by Crippen LogP contribution is 2.40. The van der Waals surface area contributed by atoms with Crippen molar-refractivity contribution >= 4 is 11.7 Å². The van der Waals surface area contributed by atoms with E-state index in [4.69, 9.17) is 9.72 Å². The van der Waals surface area contributed by atoms with Gasteiger partial charge in [-0.05, 0) is 56.7 Å². The fourth-order valence-electron chi connectivity index (χ4n) is 5.27. The average Bonchev–Trinajstić information content (AvgIpc) is 2.80. The molecule has 2 saturated heterocycles. The molecule has 0 bridgehead atoms. The number of likely N-dealkylation sites (tertiary alicyclic amines) is 1. The average molecular weight is 455 g/mol. The molecule has 0 radical (unpaired) electrons. The Balaban J connectivity index is 1.60. The number of ether oxygens (including phenoxy) is 1. The van der Waals surface area contributed by atoms with E-state index in [9.17, 15) is 9.18 Å². The number of hydrogen-bond acceptors (Lipinski definition) is 5. The van der Waals surface area contributed by atoms with Crippen LogP contribution in [0.25, 0.3) is 0 Å². The molecule has 7 heteroatoms. The van der Waals surface area contributed by atoms with Crippen LogP contribution in [0.4, 0.5) is 10.2 Å². The van der Waals surface area contributed by atoms with Gasteiger partial charge in [0.25, 0.3) is 0 Å². The van der Waals surface area contributed by atoms with Crippen LogP contribution in [0.5, 0.6) is 0 Å². The maximum absolute atomic E-state index is 14.1. The van der Waals surface area contributed by atoms with Gasteiger partial charge in [0.2, 0.25) is 5.91 Å². The topological polar surface area (TPSA) is 58.6 Å². The van der Waals surface area contributed by atoms with Crippen molar-refractivity contribution in [2.75, 3.05) is 45.3 Å². The molecule has 2 aliphatic heterocycles. The van der Waals surface area contributed by atoms with E-state index in [1.54, 1.807) is 12.1 Å². The predicted octanol–water partition coefficient (Wildman–Crippen LogP) is 3.91. The first kappa shape index (κ1) is 23.6. The van der Waals surface area contributed by atoms with E-state index >= 15 is 0 Å². The smallest absolute Gasteiger partial charge is 0.229 e. The predicted molar refractivity (Wildman–Crippen MR) is 127 cm³/mol. The summed E-state index contributed by atoms with van der Waals surface area (Å²) in [4.78, 5) is 27.4. The molecule has 0 N–H and O–H groups in total. The zero-order chi connectivity index (χ0) is 23.6. The van der Waals surface area contributed by atoms with Gasteiger partial charge >= 0.3 is 0 Å². The molecule has 33 heavy (non-hydrogen) atoms. The van der Waals surface area contributed by atoms with Gasteiger partial charge in [-0.3, -0.25) is 4.79 Å². The Morgan fingerprint density at radius 2 is 1.85 bits per heavy atom. The lowest BCUT2D eigenvalue weighted by Crippen LogP contribution is -2.54. The van der Waals surface area contributed by atoms with E-state index in [2.05, 4.69) is 18.0 Å². The Kier molecular flexibility index (Phi) is 6.71. The molecular weight excluding hydrogens is 419 g/mol. The van der Waals surface area contributed by atoms with Crippen LogP contribution in [0.2, 0.25) is 0 Å². The van der Waals surface area contributed by atoms with Crippen LogP contribution in [-0.4, -0.2) is 61.2 Å².